The lowest BCUT2D eigenvalue weighted by Gasteiger charge is -2.56. The Labute approximate surface area is 129 Å². The van der Waals surface area contributed by atoms with Crippen LogP contribution in [0.4, 0.5) is 0 Å². The zero-order valence-electron chi connectivity index (χ0n) is 12.7. The van der Waals surface area contributed by atoms with Crippen LogP contribution in [0.1, 0.15) is 38.5 Å². The molecule has 6 bridgehead atoms. The number of fused-ring (bicyclic) bond motifs is 4. The molecule has 2 aliphatic heterocycles. The molecule has 0 aromatic rings. The highest BCUT2D eigenvalue weighted by molar-refractivity contribution is 6.00. The van der Waals surface area contributed by atoms with E-state index in [-0.39, 0.29) is 35.1 Å². The Kier molecular flexibility index (Phi) is 2.21. The largest absolute Gasteiger partial charge is 0.343 e. The van der Waals surface area contributed by atoms with E-state index in [1.165, 1.54) is 19.3 Å². The fourth-order valence-corrected chi connectivity index (χ4v) is 7.20. The molecule has 4 heteroatoms. The van der Waals surface area contributed by atoms with Crippen LogP contribution in [-0.4, -0.2) is 30.6 Å². The van der Waals surface area contributed by atoms with E-state index < -0.39 is 6.29 Å². The Morgan fingerprint density at radius 2 is 1.68 bits per heavy atom. The van der Waals surface area contributed by atoms with Crippen molar-refractivity contribution in [3.8, 4) is 0 Å². The van der Waals surface area contributed by atoms with Crippen LogP contribution >= 0.6 is 0 Å². The van der Waals surface area contributed by atoms with Gasteiger partial charge in [0.25, 0.3) is 0 Å². The summed E-state index contributed by atoms with van der Waals surface area (Å²) < 4.78 is 11.0. The molecule has 5 saturated carbocycles. The molecule has 0 N–H and O–H groups in total. The smallest absolute Gasteiger partial charge is 0.218 e. The minimum Gasteiger partial charge on any atom is -0.343 e. The second-order valence-electron chi connectivity index (χ2n) is 8.93. The summed E-state index contributed by atoms with van der Waals surface area (Å²) in [6.45, 7) is 0.502. The Hall–Kier alpha value is -0.740. The standard InChI is InChI=1S/C18H22O4/c19-15-13-12(11-7-21-17(15)22-11)14(13)16(20)18-4-8-1-9(5-18)3-10(2-8)6-18/h8-14,17H,1-7H2/t8?,9?,10?,11?,12?,13?,14-,17?,18?/m1/s1. The van der Waals surface area contributed by atoms with Gasteiger partial charge in [0.15, 0.2) is 5.78 Å². The molecule has 4 nitrogen and oxygen atoms in total. The number of Topliss-reactive ketones (excluding diaryl/α,β-unsaturated/α-hetero) is 2. The van der Waals surface area contributed by atoms with E-state index in [9.17, 15) is 9.59 Å². The molecular formula is C18H22O4. The van der Waals surface area contributed by atoms with Gasteiger partial charge in [-0.15, -0.1) is 0 Å². The number of carbonyl (C=O) groups is 2. The van der Waals surface area contributed by atoms with Gasteiger partial charge in [0, 0.05) is 23.2 Å². The van der Waals surface area contributed by atoms with Crippen molar-refractivity contribution in [2.75, 3.05) is 6.61 Å². The maximum Gasteiger partial charge on any atom is 0.218 e. The molecular weight excluding hydrogens is 280 g/mol. The molecule has 7 rings (SSSR count). The molecule has 0 aromatic heterocycles. The molecule has 0 amide bonds. The van der Waals surface area contributed by atoms with Crippen molar-refractivity contribution in [3.63, 3.8) is 0 Å². The van der Waals surface area contributed by atoms with E-state index in [1.807, 2.05) is 0 Å². The first kappa shape index (κ1) is 12.7. The van der Waals surface area contributed by atoms with Crippen molar-refractivity contribution in [1.29, 1.82) is 0 Å². The zero-order valence-corrected chi connectivity index (χ0v) is 12.7. The summed E-state index contributed by atoms with van der Waals surface area (Å²) >= 11 is 0. The summed E-state index contributed by atoms with van der Waals surface area (Å²) in [5, 5.41) is 0. The molecule has 4 unspecified atom stereocenters. The van der Waals surface area contributed by atoms with Gasteiger partial charge in [-0.3, -0.25) is 9.59 Å². The van der Waals surface area contributed by atoms with Crippen molar-refractivity contribution >= 4 is 11.6 Å². The van der Waals surface area contributed by atoms with E-state index in [4.69, 9.17) is 9.47 Å². The first-order valence-corrected chi connectivity index (χ1v) is 9.00. The number of ketones is 2. The second-order valence-corrected chi connectivity index (χ2v) is 8.93. The monoisotopic (exact) mass is 302 g/mol. The minimum absolute atomic E-state index is 0.00411. The highest BCUT2D eigenvalue weighted by Gasteiger charge is 2.71. The Bertz CT molecular complexity index is 546. The topological polar surface area (TPSA) is 52.6 Å². The van der Waals surface area contributed by atoms with Gasteiger partial charge in [-0.05, 0) is 56.3 Å². The van der Waals surface area contributed by atoms with Gasteiger partial charge in [0.2, 0.25) is 6.29 Å². The third-order valence-electron chi connectivity index (χ3n) is 7.64. The lowest BCUT2D eigenvalue weighted by Crippen LogP contribution is -2.50. The molecule has 5 atom stereocenters. The normalized spacial score (nSPS) is 60.5. The number of ether oxygens (including phenoxy) is 2. The Morgan fingerprint density at radius 1 is 1.05 bits per heavy atom. The van der Waals surface area contributed by atoms with E-state index in [2.05, 4.69) is 0 Å². The first-order chi connectivity index (χ1) is 10.6. The third kappa shape index (κ3) is 1.42. The fraction of sp³-hybridized carbons (Fsp3) is 0.889. The van der Waals surface area contributed by atoms with Crippen LogP contribution in [-0.2, 0) is 19.1 Å². The molecule has 22 heavy (non-hydrogen) atoms. The van der Waals surface area contributed by atoms with Gasteiger partial charge >= 0.3 is 0 Å². The average molecular weight is 302 g/mol. The van der Waals surface area contributed by atoms with Gasteiger partial charge in [-0.2, -0.15) is 0 Å². The lowest BCUT2D eigenvalue weighted by atomic mass is 9.48. The molecule has 0 spiro atoms. The summed E-state index contributed by atoms with van der Waals surface area (Å²) in [6.07, 6.45) is 6.70. The van der Waals surface area contributed by atoms with Crippen molar-refractivity contribution in [2.24, 2.45) is 40.9 Å². The summed E-state index contributed by atoms with van der Waals surface area (Å²) in [4.78, 5) is 25.8. The van der Waals surface area contributed by atoms with E-state index in [0.29, 0.717) is 12.4 Å². The molecule has 0 aromatic carbocycles. The van der Waals surface area contributed by atoms with E-state index in [0.717, 1.165) is 37.0 Å². The zero-order chi connectivity index (χ0) is 14.6. The van der Waals surface area contributed by atoms with Crippen LogP contribution in [0.15, 0.2) is 0 Å². The van der Waals surface area contributed by atoms with Crippen molar-refractivity contribution in [1.82, 2.24) is 0 Å². The predicted octanol–water partition coefficient (Wildman–Crippen LogP) is 1.96. The third-order valence-corrected chi connectivity index (χ3v) is 7.64. The SMILES string of the molecule is O=C1C2OCC(O2)C2C1[C@@H]2C(=O)C12CC3CC(CC(C3)C1)C2. The van der Waals surface area contributed by atoms with Crippen LogP contribution in [0.25, 0.3) is 0 Å². The van der Waals surface area contributed by atoms with Crippen molar-refractivity contribution in [3.05, 3.63) is 0 Å². The van der Waals surface area contributed by atoms with Crippen LogP contribution in [0, 0.1) is 40.9 Å². The quantitative estimate of drug-likeness (QED) is 0.782. The van der Waals surface area contributed by atoms with Gasteiger partial charge in [0.1, 0.15) is 5.78 Å². The molecule has 2 saturated heterocycles. The molecule has 2 heterocycles. The fourth-order valence-electron chi connectivity index (χ4n) is 7.20. The molecule has 7 aliphatic rings. The number of carbonyl (C=O) groups excluding carboxylic acids is 2. The number of hydrogen-bond donors (Lipinski definition) is 0. The van der Waals surface area contributed by atoms with Gasteiger partial charge in [-0.1, -0.05) is 0 Å². The summed E-state index contributed by atoms with van der Waals surface area (Å²) in [6, 6.07) is 0. The maximum absolute atomic E-state index is 13.4. The van der Waals surface area contributed by atoms with Crippen LogP contribution in [0.2, 0.25) is 0 Å². The summed E-state index contributed by atoms with van der Waals surface area (Å²) in [5.74, 6) is 2.84. The van der Waals surface area contributed by atoms with Gasteiger partial charge in [-0.25, -0.2) is 0 Å². The predicted molar refractivity (Wildman–Crippen MR) is 75.7 cm³/mol. The van der Waals surface area contributed by atoms with Crippen LogP contribution < -0.4 is 0 Å². The first-order valence-electron chi connectivity index (χ1n) is 9.00. The van der Waals surface area contributed by atoms with Crippen molar-refractivity contribution in [2.45, 2.75) is 50.9 Å². The summed E-state index contributed by atoms with van der Waals surface area (Å²) in [7, 11) is 0. The summed E-state index contributed by atoms with van der Waals surface area (Å²) in [5.41, 5.74) is -0.0723. The van der Waals surface area contributed by atoms with Gasteiger partial charge in [0.05, 0.1) is 12.7 Å². The molecule has 5 aliphatic carbocycles. The molecule has 118 valence electrons. The van der Waals surface area contributed by atoms with Gasteiger partial charge < -0.3 is 9.47 Å². The average Bonchev–Trinajstić information content (AvgIpc) is 3.07. The Morgan fingerprint density at radius 3 is 2.32 bits per heavy atom. The van der Waals surface area contributed by atoms with E-state index in [1.54, 1.807) is 0 Å². The van der Waals surface area contributed by atoms with Crippen LogP contribution in [0.3, 0.4) is 0 Å². The maximum atomic E-state index is 13.4. The van der Waals surface area contributed by atoms with Crippen molar-refractivity contribution < 1.29 is 19.1 Å². The Balaban J connectivity index is 1.31. The second kappa shape index (κ2) is 3.84. The van der Waals surface area contributed by atoms with Crippen LogP contribution in [0.5, 0.6) is 0 Å². The van der Waals surface area contributed by atoms with E-state index >= 15 is 0 Å². The molecule has 7 fully saturated rings. The lowest BCUT2D eigenvalue weighted by molar-refractivity contribution is -0.154. The number of rotatable bonds is 2. The number of hydrogen-bond acceptors (Lipinski definition) is 4. The highest BCUT2D eigenvalue weighted by Crippen LogP contribution is 2.65. The minimum atomic E-state index is -0.666. The molecule has 0 radical (unpaired) electrons. The highest BCUT2D eigenvalue weighted by atomic mass is 16.7.